The average Bonchev–Trinajstić information content (AvgIpc) is 2.59. The lowest BCUT2D eigenvalue weighted by Gasteiger charge is -2.33. The molecular formula is C21H22O3. The van der Waals surface area contributed by atoms with Gasteiger partial charge in [-0.25, -0.2) is 0 Å². The first-order valence-electron chi connectivity index (χ1n) is 7.75. The Balaban J connectivity index is 2.72. The molecule has 0 amide bonds. The van der Waals surface area contributed by atoms with E-state index in [-0.39, 0.29) is 11.5 Å². The van der Waals surface area contributed by atoms with Crippen molar-refractivity contribution in [3.63, 3.8) is 0 Å². The lowest BCUT2D eigenvalue weighted by atomic mass is 9.70. The summed E-state index contributed by atoms with van der Waals surface area (Å²) in [4.78, 5) is 0. The second-order valence-corrected chi connectivity index (χ2v) is 5.68. The highest BCUT2D eigenvalue weighted by Gasteiger charge is 2.31. The van der Waals surface area contributed by atoms with Crippen LogP contribution >= 0.6 is 0 Å². The maximum Gasteiger partial charge on any atom is 0.115 e. The largest absolute Gasteiger partial charge is 0.516 e. The van der Waals surface area contributed by atoms with Crippen LogP contribution in [0.5, 0.6) is 11.5 Å². The summed E-state index contributed by atoms with van der Waals surface area (Å²) in [5.74, 6) is 0.414. The molecule has 0 radical (unpaired) electrons. The highest BCUT2D eigenvalue weighted by Crippen LogP contribution is 2.40. The predicted molar refractivity (Wildman–Crippen MR) is 97.3 cm³/mol. The third-order valence-corrected chi connectivity index (χ3v) is 4.17. The van der Waals surface area contributed by atoms with Crippen LogP contribution in [-0.4, -0.2) is 15.3 Å². The molecule has 0 bridgehead atoms. The van der Waals surface area contributed by atoms with E-state index in [9.17, 15) is 10.2 Å². The zero-order chi connectivity index (χ0) is 17.6. The molecule has 0 saturated carbocycles. The van der Waals surface area contributed by atoms with Gasteiger partial charge in [0.15, 0.2) is 0 Å². The summed E-state index contributed by atoms with van der Waals surface area (Å²) in [5, 5.41) is 28.3. The van der Waals surface area contributed by atoms with Gasteiger partial charge in [-0.2, -0.15) is 0 Å². The van der Waals surface area contributed by atoms with Crippen LogP contribution in [0, 0.1) is 0 Å². The number of aliphatic hydroxyl groups is 1. The van der Waals surface area contributed by atoms with Crippen LogP contribution in [0.2, 0.25) is 0 Å². The van der Waals surface area contributed by atoms with Crippen molar-refractivity contribution < 1.29 is 15.3 Å². The van der Waals surface area contributed by atoms with E-state index in [1.54, 1.807) is 30.3 Å². The molecule has 0 aliphatic rings. The number of rotatable bonds is 5. The van der Waals surface area contributed by atoms with Gasteiger partial charge in [0.25, 0.3) is 0 Å². The van der Waals surface area contributed by atoms with Crippen molar-refractivity contribution in [1.82, 2.24) is 0 Å². The molecule has 24 heavy (non-hydrogen) atoms. The number of aliphatic hydroxyl groups excluding tert-OH is 1. The number of benzene rings is 2. The standard InChI is InChI=1S/C21H22O3/c1-3-5-16(6-4-15-22)21(2,17-7-11-19(23)12-8-17)18-9-13-20(24)14-10-18/h3-15,22-24H,1-2H3/b5-3-,15-4+,16-6+. The minimum Gasteiger partial charge on any atom is -0.516 e. The van der Waals surface area contributed by atoms with E-state index in [4.69, 9.17) is 5.11 Å². The van der Waals surface area contributed by atoms with Crippen LogP contribution in [0.15, 0.2) is 84.7 Å². The molecule has 0 aliphatic heterocycles. The van der Waals surface area contributed by atoms with Gasteiger partial charge in [-0.3, -0.25) is 0 Å². The Labute approximate surface area is 142 Å². The van der Waals surface area contributed by atoms with E-state index in [0.29, 0.717) is 0 Å². The van der Waals surface area contributed by atoms with Crippen LogP contribution in [0.25, 0.3) is 0 Å². The fourth-order valence-electron chi connectivity index (χ4n) is 2.80. The molecule has 3 nitrogen and oxygen atoms in total. The summed E-state index contributed by atoms with van der Waals surface area (Å²) < 4.78 is 0. The van der Waals surface area contributed by atoms with Gasteiger partial charge in [-0.05, 0) is 60.9 Å². The van der Waals surface area contributed by atoms with E-state index < -0.39 is 5.41 Å². The molecule has 0 aromatic heterocycles. The highest BCUT2D eigenvalue weighted by molar-refractivity contribution is 5.53. The fraction of sp³-hybridized carbons (Fsp3) is 0.143. The van der Waals surface area contributed by atoms with Crippen molar-refractivity contribution in [2.45, 2.75) is 19.3 Å². The summed E-state index contributed by atoms with van der Waals surface area (Å²) in [7, 11) is 0. The van der Waals surface area contributed by atoms with Crippen LogP contribution in [0.3, 0.4) is 0 Å². The third kappa shape index (κ3) is 3.51. The highest BCUT2D eigenvalue weighted by atomic mass is 16.3. The van der Waals surface area contributed by atoms with Crippen LogP contribution in [-0.2, 0) is 5.41 Å². The molecule has 0 unspecified atom stereocenters. The fourth-order valence-corrected chi connectivity index (χ4v) is 2.80. The molecule has 2 rings (SSSR count). The van der Waals surface area contributed by atoms with Crippen molar-refractivity contribution in [2.24, 2.45) is 0 Å². The van der Waals surface area contributed by atoms with Gasteiger partial charge in [0, 0.05) is 5.41 Å². The Kier molecular flexibility index (Phi) is 5.48. The first-order valence-corrected chi connectivity index (χ1v) is 7.75. The minimum absolute atomic E-state index is 0.207. The first-order chi connectivity index (χ1) is 11.5. The molecule has 3 heteroatoms. The predicted octanol–water partition coefficient (Wildman–Crippen LogP) is 4.98. The first kappa shape index (κ1) is 17.4. The second kappa shape index (κ2) is 7.55. The number of allylic oxidation sites excluding steroid dienone is 5. The summed E-state index contributed by atoms with van der Waals surface area (Å²) in [6.07, 6.45) is 8.35. The molecule has 124 valence electrons. The smallest absolute Gasteiger partial charge is 0.115 e. The maximum atomic E-state index is 9.61. The van der Waals surface area contributed by atoms with Gasteiger partial charge in [0.2, 0.25) is 0 Å². The minimum atomic E-state index is -0.520. The molecule has 0 saturated heterocycles. The summed E-state index contributed by atoms with van der Waals surface area (Å²) in [6, 6.07) is 14.1. The number of hydrogen-bond donors (Lipinski definition) is 3. The second-order valence-electron chi connectivity index (χ2n) is 5.68. The summed E-state index contributed by atoms with van der Waals surface area (Å²) >= 11 is 0. The Morgan fingerprint density at radius 1 is 0.875 bits per heavy atom. The Morgan fingerprint density at radius 2 is 1.33 bits per heavy atom. The number of phenols is 2. The van der Waals surface area contributed by atoms with E-state index in [1.807, 2.05) is 49.4 Å². The van der Waals surface area contributed by atoms with E-state index in [1.165, 1.54) is 0 Å². The van der Waals surface area contributed by atoms with Gasteiger partial charge >= 0.3 is 0 Å². The van der Waals surface area contributed by atoms with Crippen LogP contribution in [0.4, 0.5) is 0 Å². The van der Waals surface area contributed by atoms with Crippen molar-refractivity contribution >= 4 is 0 Å². The molecule has 2 aromatic rings. The lowest BCUT2D eigenvalue weighted by molar-refractivity contribution is 0.473. The molecule has 0 fully saturated rings. The van der Waals surface area contributed by atoms with Crippen LogP contribution < -0.4 is 0 Å². The van der Waals surface area contributed by atoms with Crippen molar-refractivity contribution in [2.75, 3.05) is 0 Å². The van der Waals surface area contributed by atoms with E-state index >= 15 is 0 Å². The molecule has 0 atom stereocenters. The third-order valence-electron chi connectivity index (χ3n) is 4.17. The molecule has 2 aromatic carbocycles. The zero-order valence-electron chi connectivity index (χ0n) is 13.8. The van der Waals surface area contributed by atoms with Gasteiger partial charge in [0.05, 0.1) is 6.26 Å². The molecular weight excluding hydrogens is 300 g/mol. The summed E-state index contributed by atoms with van der Waals surface area (Å²) in [6.45, 7) is 4.01. The summed E-state index contributed by atoms with van der Waals surface area (Å²) in [5.41, 5.74) is 2.42. The van der Waals surface area contributed by atoms with Crippen molar-refractivity contribution in [3.05, 3.63) is 95.8 Å². The number of phenolic OH excluding ortho intramolecular Hbond substituents is 2. The Morgan fingerprint density at radius 3 is 1.71 bits per heavy atom. The average molecular weight is 322 g/mol. The van der Waals surface area contributed by atoms with Crippen molar-refractivity contribution in [1.29, 1.82) is 0 Å². The number of hydrogen-bond acceptors (Lipinski definition) is 3. The topological polar surface area (TPSA) is 60.7 Å². The van der Waals surface area contributed by atoms with Gasteiger partial charge in [0.1, 0.15) is 11.5 Å². The Bertz CT molecular complexity index is 705. The normalized spacial score (nSPS) is 13.0. The van der Waals surface area contributed by atoms with Gasteiger partial charge in [-0.15, -0.1) is 0 Å². The molecule has 0 heterocycles. The van der Waals surface area contributed by atoms with Crippen molar-refractivity contribution in [3.8, 4) is 11.5 Å². The molecule has 3 N–H and O–H groups in total. The molecule has 0 spiro atoms. The van der Waals surface area contributed by atoms with Gasteiger partial charge in [-0.1, -0.05) is 42.5 Å². The zero-order valence-corrected chi connectivity index (χ0v) is 13.8. The van der Waals surface area contributed by atoms with E-state index in [2.05, 4.69) is 6.92 Å². The van der Waals surface area contributed by atoms with E-state index in [0.717, 1.165) is 23.0 Å². The lowest BCUT2D eigenvalue weighted by Crippen LogP contribution is -2.25. The quantitative estimate of drug-likeness (QED) is 0.537. The molecule has 0 aliphatic carbocycles. The van der Waals surface area contributed by atoms with Crippen LogP contribution in [0.1, 0.15) is 25.0 Å². The SMILES string of the molecule is C\C=C/C(=C\C=C\O)C(C)(c1ccc(O)cc1)c1ccc(O)cc1. The Hall–Kier alpha value is -2.94. The number of aromatic hydroxyl groups is 2. The maximum absolute atomic E-state index is 9.61. The van der Waals surface area contributed by atoms with Gasteiger partial charge < -0.3 is 15.3 Å². The monoisotopic (exact) mass is 322 g/mol.